The molecule has 0 saturated heterocycles. The molecule has 0 radical (unpaired) electrons. The van der Waals surface area contributed by atoms with Crippen LogP contribution in [0.1, 0.15) is 112 Å². The van der Waals surface area contributed by atoms with Crippen molar-refractivity contribution in [3.05, 3.63) is 110 Å². The smallest absolute Gasteiger partial charge is 0.294 e. The molecule has 4 N–H and O–H groups in total. The molecule has 0 aromatic heterocycles. The van der Waals surface area contributed by atoms with Gasteiger partial charge >= 0.3 is 0 Å². The third kappa shape index (κ3) is 13.3. The van der Waals surface area contributed by atoms with E-state index < -0.39 is 21.1 Å². The van der Waals surface area contributed by atoms with E-state index in [9.17, 15) is 27.7 Å². The van der Waals surface area contributed by atoms with Crippen molar-refractivity contribution < 1.29 is 51.2 Å². The van der Waals surface area contributed by atoms with E-state index in [-0.39, 0.29) is 27.9 Å². The maximum absolute atomic E-state index is 13.2. The molecule has 0 fully saturated rings. The number of ether oxygens (including phenoxy) is 4. The fraction of sp³-hybridized carbons (Fsp3) is 0.545. The Bertz CT molecular complexity index is 2780. The van der Waals surface area contributed by atoms with Gasteiger partial charge in [-0.05, 0) is 126 Å². The van der Waals surface area contributed by atoms with Crippen molar-refractivity contribution in [2.45, 2.75) is 129 Å². The van der Waals surface area contributed by atoms with Crippen LogP contribution < -0.4 is 20.3 Å². The number of unbranched alkanes of at least 4 members (excludes halogenated alkanes) is 2. The number of aryl methyl sites for hydroxylation is 1. The number of carbonyl (C=O) groups is 2. The number of nitrogens with zero attached hydrogens (tertiary/aromatic N) is 5. The number of hydrogen-bond acceptors (Lipinski definition) is 11. The zero-order valence-corrected chi connectivity index (χ0v) is 45.0. The Morgan fingerprint density at radius 3 is 2.29 bits per heavy atom. The van der Waals surface area contributed by atoms with Crippen molar-refractivity contribution in [2.24, 2.45) is 5.11 Å². The normalized spacial score (nSPS) is 18.1. The molecule has 3 aliphatic heterocycles. The summed E-state index contributed by atoms with van der Waals surface area (Å²) in [5.41, 5.74) is 17.2. The van der Waals surface area contributed by atoms with E-state index in [1.165, 1.54) is 17.2 Å². The quantitative estimate of drug-likeness (QED) is 0.0148. The summed E-state index contributed by atoms with van der Waals surface area (Å²) >= 11 is 0. The minimum atomic E-state index is -4.43. The number of fused-ring (bicyclic) bond motifs is 3. The lowest BCUT2D eigenvalue weighted by Gasteiger charge is -2.36. The molecule has 396 valence electrons. The van der Waals surface area contributed by atoms with Gasteiger partial charge < -0.3 is 39.6 Å². The zero-order chi connectivity index (χ0) is 53.1. The first-order chi connectivity index (χ1) is 34.6. The number of azide groups is 1. The maximum atomic E-state index is 13.2. The first-order valence-electron chi connectivity index (χ1n) is 25.5. The van der Waals surface area contributed by atoms with Crippen molar-refractivity contribution in [1.29, 1.82) is 0 Å². The summed E-state index contributed by atoms with van der Waals surface area (Å²) in [5, 5.41) is 19.8. The molecule has 3 aromatic carbocycles. The molecule has 0 bridgehead atoms. The number of hydrogen-bond donors (Lipinski definition) is 4. The van der Waals surface area contributed by atoms with Gasteiger partial charge in [-0.3, -0.25) is 14.1 Å². The monoisotopic (exact) mass is 1030 g/mol. The number of phenolic OH excluding ortho intramolecular Hbond substituents is 1. The van der Waals surface area contributed by atoms with E-state index in [0.29, 0.717) is 110 Å². The second kappa shape index (κ2) is 24.5. The molecule has 6 rings (SSSR count). The van der Waals surface area contributed by atoms with Gasteiger partial charge in [-0.15, -0.1) is 0 Å². The largest absolute Gasteiger partial charge is 0.507 e. The lowest BCUT2D eigenvalue weighted by atomic mass is 9.81. The average Bonchev–Trinajstić information content (AvgIpc) is 3.69. The molecule has 3 aromatic rings. The number of aromatic hydroxyl groups is 1. The van der Waals surface area contributed by atoms with Crippen LogP contribution in [-0.4, -0.2) is 118 Å². The summed E-state index contributed by atoms with van der Waals surface area (Å²) in [6, 6.07) is 11.3. The van der Waals surface area contributed by atoms with E-state index in [1.807, 2.05) is 20.8 Å². The topological polar surface area (TPSA) is 225 Å². The van der Waals surface area contributed by atoms with Crippen LogP contribution in [0.4, 0.5) is 11.4 Å². The Hall–Kier alpha value is -5.75. The van der Waals surface area contributed by atoms with E-state index >= 15 is 0 Å². The van der Waals surface area contributed by atoms with Crippen LogP contribution in [0.5, 0.6) is 11.5 Å². The molecule has 1 atom stereocenters. The number of rotatable bonds is 26. The summed E-state index contributed by atoms with van der Waals surface area (Å²) < 4.78 is 60.6. The second-order valence-electron chi connectivity index (χ2n) is 20.5. The summed E-state index contributed by atoms with van der Waals surface area (Å²) in [6.45, 7) is 22.9. The van der Waals surface area contributed by atoms with E-state index in [1.54, 1.807) is 19.1 Å². The van der Waals surface area contributed by atoms with Gasteiger partial charge in [-0.1, -0.05) is 42.7 Å². The SMILES string of the molecule is Cc1ccc2c(c1)C(C)(C)C(=CC=CC1=[N+](CCCCCC(=O)NCCCN=[N+]=[N-])c3ccc(S(=O)(=O)O)cc3C1(C)C)N2CCOCCOCCOCCNC(=O)C1(C)CCc2c(C)c(O)c(C)c(C)c2O1. The van der Waals surface area contributed by atoms with E-state index in [0.717, 1.165) is 63.4 Å². The van der Waals surface area contributed by atoms with Crippen molar-refractivity contribution in [1.82, 2.24) is 10.6 Å². The van der Waals surface area contributed by atoms with Gasteiger partial charge in [0.1, 0.15) is 18.0 Å². The van der Waals surface area contributed by atoms with Gasteiger partial charge in [0.15, 0.2) is 11.3 Å². The number of carbonyl (C=O) groups excluding carboxylic acids is 2. The average molecular weight is 1030 g/mol. The lowest BCUT2D eigenvalue weighted by molar-refractivity contribution is -0.438. The molecular weight excluding hydrogens is 951 g/mol. The Labute approximate surface area is 431 Å². The molecule has 18 heteroatoms. The van der Waals surface area contributed by atoms with Crippen LogP contribution in [0.3, 0.4) is 0 Å². The van der Waals surface area contributed by atoms with Crippen LogP contribution in [0, 0.1) is 27.7 Å². The van der Waals surface area contributed by atoms with E-state index in [4.69, 9.17) is 24.5 Å². The van der Waals surface area contributed by atoms with Gasteiger partial charge in [0.05, 0.1) is 50.0 Å². The third-order valence-corrected chi connectivity index (χ3v) is 15.4. The minimum Gasteiger partial charge on any atom is -0.507 e. The van der Waals surface area contributed by atoms with Crippen molar-refractivity contribution in [2.75, 3.05) is 77.3 Å². The fourth-order valence-electron chi connectivity index (χ4n) is 10.1. The summed E-state index contributed by atoms with van der Waals surface area (Å²) in [6.07, 6.45) is 10.7. The highest BCUT2D eigenvalue weighted by atomic mass is 32.2. The predicted octanol–water partition coefficient (Wildman–Crippen LogP) is 8.81. The number of allylic oxidation sites excluding steroid dienone is 4. The summed E-state index contributed by atoms with van der Waals surface area (Å²) in [4.78, 5) is 30.5. The van der Waals surface area contributed by atoms with Gasteiger partial charge in [0.25, 0.3) is 16.0 Å². The third-order valence-electron chi connectivity index (χ3n) is 14.6. The van der Waals surface area contributed by atoms with E-state index in [2.05, 4.69) is 101 Å². The Morgan fingerprint density at radius 1 is 0.863 bits per heavy atom. The molecule has 1 unspecified atom stereocenters. The first-order valence-corrected chi connectivity index (χ1v) is 26.9. The Kier molecular flexibility index (Phi) is 19.0. The molecular formula is C55H76N7O10S+. The minimum absolute atomic E-state index is 0.0380. The van der Waals surface area contributed by atoms with Crippen molar-refractivity contribution >= 4 is 39.0 Å². The fourth-order valence-corrected chi connectivity index (χ4v) is 10.6. The molecule has 0 saturated carbocycles. The number of anilines is 1. The van der Waals surface area contributed by atoms with Gasteiger partial charge in [-0.2, -0.15) is 13.0 Å². The van der Waals surface area contributed by atoms with Crippen LogP contribution in [0.2, 0.25) is 0 Å². The number of nitrogens with one attached hydrogen (secondary N) is 2. The highest BCUT2D eigenvalue weighted by Gasteiger charge is 2.46. The molecule has 73 heavy (non-hydrogen) atoms. The van der Waals surface area contributed by atoms with Crippen LogP contribution in [0.15, 0.2) is 70.3 Å². The summed E-state index contributed by atoms with van der Waals surface area (Å²) in [7, 11) is -4.43. The molecule has 0 aliphatic carbocycles. The molecule has 3 heterocycles. The van der Waals surface area contributed by atoms with Gasteiger partial charge in [0.2, 0.25) is 11.6 Å². The molecule has 3 aliphatic rings. The van der Waals surface area contributed by atoms with Crippen molar-refractivity contribution in [3.63, 3.8) is 0 Å². The lowest BCUT2D eigenvalue weighted by Crippen LogP contribution is -2.51. The number of benzene rings is 3. The number of phenols is 1. The molecule has 2 amide bonds. The predicted molar refractivity (Wildman–Crippen MR) is 283 cm³/mol. The summed E-state index contributed by atoms with van der Waals surface area (Å²) in [5.74, 6) is 0.739. The highest BCUT2D eigenvalue weighted by molar-refractivity contribution is 7.85. The van der Waals surface area contributed by atoms with Crippen LogP contribution in [0.25, 0.3) is 10.4 Å². The first kappa shape index (κ1) is 56.5. The number of amides is 2. The van der Waals surface area contributed by atoms with Crippen LogP contribution >= 0.6 is 0 Å². The second-order valence-corrected chi connectivity index (χ2v) is 21.9. The van der Waals surface area contributed by atoms with Gasteiger partial charge in [-0.25, -0.2) is 0 Å². The van der Waals surface area contributed by atoms with Crippen molar-refractivity contribution in [3.8, 4) is 11.5 Å². The standard InChI is InChI=1S/C55H75N7O10S/c1-37-18-20-45-43(35-37)53(5,6)48(62(45)28-30-70-32-34-71-33-31-69-29-26-58-52(65)55(9)23-22-42-40(4)50(64)38(2)39(3)51(42)72-55)16-13-15-47-54(7,8)44-36-41(73(66,67)68)19-21-46(44)61(47)27-12-10-11-17-49(63)57-24-14-25-59-60-56/h13,15-16,18-21,35-36H,10-12,14,17,22-34H2,1-9H3,(H3-,57,58,63,64,65,66,67,68)/p+1. The zero-order valence-electron chi connectivity index (χ0n) is 44.2. The Morgan fingerprint density at radius 2 is 1.58 bits per heavy atom. The molecule has 17 nitrogen and oxygen atoms in total. The molecule has 0 spiro atoms. The van der Waals surface area contributed by atoms with Crippen LogP contribution in [-0.2, 0) is 51.2 Å². The highest BCUT2D eigenvalue weighted by Crippen LogP contribution is 2.48. The Balaban J connectivity index is 1.01. The maximum Gasteiger partial charge on any atom is 0.294 e. The van der Waals surface area contributed by atoms with Gasteiger partial charge in [0, 0.05) is 90.4 Å².